The van der Waals surface area contributed by atoms with Gasteiger partial charge in [-0.25, -0.2) is 0 Å². The van der Waals surface area contributed by atoms with Crippen molar-refractivity contribution in [1.29, 1.82) is 0 Å². The number of benzene rings is 3. The predicted octanol–water partition coefficient (Wildman–Crippen LogP) is 2.59. The van der Waals surface area contributed by atoms with Crippen LogP contribution >= 0.6 is 11.6 Å². The van der Waals surface area contributed by atoms with Crippen LogP contribution in [0.15, 0.2) is 77.8 Å². The van der Waals surface area contributed by atoms with E-state index < -0.39 is 12.1 Å². The molecule has 0 aromatic heterocycles. The molecule has 3 atom stereocenters. The Hall–Kier alpha value is -4.41. The van der Waals surface area contributed by atoms with E-state index in [1.165, 1.54) is 6.08 Å². The number of hydrogen-bond acceptors (Lipinski definition) is 5. The average Bonchev–Trinajstić information content (AvgIpc) is 3.18. The second-order valence-electron chi connectivity index (χ2n) is 10.8. The zero-order valence-corrected chi connectivity index (χ0v) is 25.6. The summed E-state index contributed by atoms with van der Waals surface area (Å²) in [5.41, 5.74) is 12.8. The molecule has 10 nitrogen and oxygen atoms in total. The molecule has 44 heavy (non-hydrogen) atoms. The van der Waals surface area contributed by atoms with Crippen molar-refractivity contribution in [2.45, 2.75) is 43.8 Å². The number of aliphatic imine (C=N–C) groups is 1. The number of likely N-dealkylation sites (N-methyl/N-ethyl adjacent to an activating group) is 1. The van der Waals surface area contributed by atoms with E-state index in [2.05, 4.69) is 27.0 Å². The van der Waals surface area contributed by atoms with Crippen molar-refractivity contribution in [3.8, 4) is 0 Å². The fourth-order valence-electron chi connectivity index (χ4n) is 5.35. The molecule has 0 radical (unpaired) electrons. The first-order valence-electron chi connectivity index (χ1n) is 14.8. The Kier molecular flexibility index (Phi) is 11.7. The summed E-state index contributed by atoms with van der Waals surface area (Å²) in [7, 11) is 1.58. The lowest BCUT2D eigenvalue weighted by atomic mass is 9.99. The molecule has 1 saturated heterocycles. The molecule has 4 rings (SSSR count). The minimum absolute atomic E-state index is 0.00547. The van der Waals surface area contributed by atoms with Crippen LogP contribution < -0.4 is 27.4 Å². The first-order chi connectivity index (χ1) is 21.2. The van der Waals surface area contributed by atoms with Gasteiger partial charge in [-0.05, 0) is 59.4 Å². The summed E-state index contributed by atoms with van der Waals surface area (Å²) in [5.74, 6) is -0.655. The number of nitrogens with zero attached hydrogens (tertiary/aromatic N) is 2. The summed E-state index contributed by atoms with van der Waals surface area (Å²) in [6.45, 7) is 1.04. The maximum absolute atomic E-state index is 14.0. The average molecular weight is 618 g/mol. The van der Waals surface area contributed by atoms with Crippen molar-refractivity contribution in [1.82, 2.24) is 20.9 Å². The van der Waals surface area contributed by atoms with Gasteiger partial charge < -0.3 is 32.3 Å². The van der Waals surface area contributed by atoms with Gasteiger partial charge >= 0.3 is 0 Å². The maximum Gasteiger partial charge on any atom is 0.244 e. The Morgan fingerprint density at radius 3 is 2.59 bits per heavy atom. The fraction of sp³-hybridized carbons (Fsp3) is 0.333. The molecule has 0 spiro atoms. The van der Waals surface area contributed by atoms with Gasteiger partial charge in [-0.1, -0.05) is 66.2 Å². The molecule has 0 bridgehead atoms. The van der Waals surface area contributed by atoms with E-state index in [0.29, 0.717) is 50.3 Å². The van der Waals surface area contributed by atoms with Gasteiger partial charge in [-0.2, -0.15) is 0 Å². The Balaban J connectivity index is 1.49. The van der Waals surface area contributed by atoms with Crippen LogP contribution in [0.2, 0.25) is 5.02 Å². The Bertz CT molecular complexity index is 1500. The van der Waals surface area contributed by atoms with E-state index in [4.69, 9.17) is 23.1 Å². The number of hydrogen-bond donors (Lipinski definition) is 5. The zero-order chi connectivity index (χ0) is 31.5. The first kappa shape index (κ1) is 32.5. The second kappa shape index (κ2) is 15.9. The summed E-state index contributed by atoms with van der Waals surface area (Å²) in [4.78, 5) is 45.6. The Morgan fingerprint density at radius 2 is 1.86 bits per heavy atom. The lowest BCUT2D eigenvalue weighted by Gasteiger charge is -2.31. The highest BCUT2D eigenvalue weighted by Gasteiger charge is 2.37. The quantitative estimate of drug-likeness (QED) is 0.0911. The van der Waals surface area contributed by atoms with Crippen LogP contribution in [0.3, 0.4) is 0 Å². The second-order valence-corrected chi connectivity index (χ2v) is 11.3. The lowest BCUT2D eigenvalue weighted by molar-refractivity contribution is -0.141. The molecule has 0 saturated carbocycles. The summed E-state index contributed by atoms with van der Waals surface area (Å²) in [6, 6.07) is 19.8. The molecule has 7 N–H and O–H groups in total. The number of fused-ring (bicyclic) bond motifs is 1. The Labute approximate surface area is 262 Å². The third kappa shape index (κ3) is 9.29. The molecule has 3 aromatic rings. The van der Waals surface area contributed by atoms with Gasteiger partial charge in [0.1, 0.15) is 6.04 Å². The van der Waals surface area contributed by atoms with Crippen LogP contribution in [0.25, 0.3) is 16.8 Å². The van der Waals surface area contributed by atoms with Crippen molar-refractivity contribution in [2.75, 3.05) is 26.7 Å². The van der Waals surface area contributed by atoms with Gasteiger partial charge in [0.05, 0.1) is 6.04 Å². The third-order valence-electron chi connectivity index (χ3n) is 7.67. The highest BCUT2D eigenvalue weighted by molar-refractivity contribution is 6.30. The van der Waals surface area contributed by atoms with E-state index >= 15 is 0 Å². The van der Waals surface area contributed by atoms with Gasteiger partial charge in [0.25, 0.3) is 0 Å². The van der Waals surface area contributed by atoms with Gasteiger partial charge in [-0.3, -0.25) is 19.4 Å². The highest BCUT2D eigenvalue weighted by atomic mass is 35.5. The molecule has 3 unspecified atom stereocenters. The number of amides is 3. The molecule has 1 fully saturated rings. The van der Waals surface area contributed by atoms with Crippen molar-refractivity contribution < 1.29 is 14.4 Å². The fourth-order valence-corrected chi connectivity index (χ4v) is 5.48. The molecule has 232 valence electrons. The summed E-state index contributed by atoms with van der Waals surface area (Å²) >= 11 is 5.94. The third-order valence-corrected chi connectivity index (χ3v) is 7.92. The number of nitrogens with one attached hydrogen (secondary N) is 3. The molecule has 3 aromatic carbocycles. The lowest BCUT2D eigenvalue weighted by Crippen LogP contribution is -2.54. The molecule has 1 aliphatic heterocycles. The standard InChI is InChI=1S/C33H40ClN7O3/c1-37-31(43)29(20-23-8-12-24-5-2-3-6-25(24)19-23)41-18-16-27(40-28(32(41)44)7-4-17-38-33(35)36)21-39-30(42)15-11-22-9-13-26(34)14-10-22/h2-3,5-6,8-15,19,27-29,40H,4,7,16-18,20-21H2,1H3,(H,37,43)(H,39,42)(H4,35,36,38). The van der Waals surface area contributed by atoms with Crippen LogP contribution in [-0.4, -0.2) is 73.4 Å². The number of guanidine groups is 1. The Morgan fingerprint density at radius 1 is 1.11 bits per heavy atom. The van der Waals surface area contributed by atoms with Crippen molar-refractivity contribution >= 4 is 52.1 Å². The van der Waals surface area contributed by atoms with Gasteiger partial charge in [0.2, 0.25) is 17.7 Å². The van der Waals surface area contributed by atoms with Crippen LogP contribution in [0.4, 0.5) is 0 Å². The molecule has 0 aliphatic carbocycles. The topological polar surface area (TPSA) is 155 Å². The molecule has 11 heteroatoms. The molecular formula is C33H40ClN7O3. The summed E-state index contributed by atoms with van der Waals surface area (Å²) in [5, 5.41) is 11.9. The number of rotatable bonds is 12. The van der Waals surface area contributed by atoms with Gasteiger partial charge in [-0.15, -0.1) is 0 Å². The minimum Gasteiger partial charge on any atom is -0.370 e. The normalized spacial score (nSPS) is 17.7. The van der Waals surface area contributed by atoms with Crippen molar-refractivity contribution in [3.05, 3.63) is 89.0 Å². The van der Waals surface area contributed by atoms with Crippen LogP contribution in [0, 0.1) is 0 Å². The molecular weight excluding hydrogens is 578 g/mol. The molecule has 1 aliphatic rings. The summed E-state index contributed by atoms with van der Waals surface area (Å²) in [6.07, 6.45) is 5.12. The van der Waals surface area contributed by atoms with E-state index in [0.717, 1.165) is 21.9 Å². The van der Waals surface area contributed by atoms with Crippen LogP contribution in [0.5, 0.6) is 0 Å². The van der Waals surface area contributed by atoms with Crippen molar-refractivity contribution in [3.63, 3.8) is 0 Å². The van der Waals surface area contributed by atoms with Gasteiger partial charge in [0.15, 0.2) is 5.96 Å². The maximum atomic E-state index is 14.0. The van der Waals surface area contributed by atoms with Gasteiger partial charge in [0, 0.05) is 50.2 Å². The predicted molar refractivity (Wildman–Crippen MR) is 176 cm³/mol. The molecule has 3 amide bonds. The number of carbonyl (C=O) groups excluding carboxylic acids is 3. The van der Waals surface area contributed by atoms with E-state index in [1.807, 2.05) is 48.5 Å². The number of carbonyl (C=O) groups is 3. The van der Waals surface area contributed by atoms with Crippen LogP contribution in [-0.2, 0) is 20.8 Å². The first-order valence-corrected chi connectivity index (χ1v) is 15.1. The van der Waals surface area contributed by atoms with E-state index in [9.17, 15) is 14.4 Å². The number of nitrogens with two attached hydrogens (primary N) is 2. The van der Waals surface area contributed by atoms with E-state index in [1.54, 1.807) is 30.2 Å². The van der Waals surface area contributed by atoms with E-state index in [-0.39, 0.29) is 29.7 Å². The zero-order valence-electron chi connectivity index (χ0n) is 24.8. The number of halogens is 1. The highest BCUT2D eigenvalue weighted by Crippen LogP contribution is 2.21. The smallest absolute Gasteiger partial charge is 0.244 e. The minimum atomic E-state index is -0.702. The van der Waals surface area contributed by atoms with Crippen molar-refractivity contribution in [2.24, 2.45) is 16.5 Å². The SMILES string of the molecule is CNC(=O)C(Cc1ccc2ccccc2c1)N1CCC(CNC(=O)C=Cc2ccc(Cl)cc2)NC(CCCN=C(N)N)C1=O. The largest absolute Gasteiger partial charge is 0.370 e. The van der Waals surface area contributed by atoms with Crippen LogP contribution in [0.1, 0.15) is 30.4 Å². The monoisotopic (exact) mass is 617 g/mol. The summed E-state index contributed by atoms with van der Waals surface area (Å²) < 4.78 is 0. The molecule has 1 heterocycles.